The molecule has 0 radical (unpaired) electrons. The van der Waals surface area contributed by atoms with Crippen molar-refractivity contribution in [3.63, 3.8) is 0 Å². The molecule has 3 heteroatoms. The van der Waals surface area contributed by atoms with Gasteiger partial charge in [0, 0.05) is 11.1 Å². The molecule has 2 atom stereocenters. The van der Waals surface area contributed by atoms with Gasteiger partial charge >= 0.3 is 0 Å². The van der Waals surface area contributed by atoms with Crippen LogP contribution in [0.25, 0.3) is 0 Å². The highest BCUT2D eigenvalue weighted by atomic mass is 16.6. The number of hydrogen-bond donors (Lipinski definition) is 0. The Morgan fingerprint density at radius 1 is 0.895 bits per heavy atom. The van der Waals surface area contributed by atoms with Gasteiger partial charge in [0.15, 0.2) is 22.8 Å². The average molecular weight is 258 g/mol. The summed E-state index contributed by atoms with van der Waals surface area (Å²) in [5.41, 5.74) is -0.679. The molecule has 0 saturated carbocycles. The Balaban J connectivity index is 2.15. The van der Waals surface area contributed by atoms with Crippen molar-refractivity contribution in [2.24, 2.45) is 0 Å². The number of hydrogen-bond acceptors (Lipinski definition) is 3. The first-order valence-electron chi connectivity index (χ1n) is 7.02. The van der Waals surface area contributed by atoms with E-state index in [1.54, 1.807) is 24.3 Å². The molecule has 1 aromatic rings. The zero-order chi connectivity index (χ0) is 13.7. The van der Waals surface area contributed by atoms with Gasteiger partial charge in [-0.2, -0.15) is 0 Å². The van der Waals surface area contributed by atoms with Gasteiger partial charge in [-0.3, -0.25) is 9.59 Å². The van der Waals surface area contributed by atoms with Crippen molar-refractivity contribution in [2.45, 2.75) is 50.7 Å². The highest BCUT2D eigenvalue weighted by Crippen LogP contribution is 2.60. The lowest BCUT2D eigenvalue weighted by Gasteiger charge is -2.24. The number of carbonyl (C=O) groups is 2. The van der Waals surface area contributed by atoms with Crippen molar-refractivity contribution >= 4 is 11.6 Å². The lowest BCUT2D eigenvalue weighted by Crippen LogP contribution is -2.45. The highest BCUT2D eigenvalue weighted by molar-refractivity contribution is 6.25. The third-order valence-corrected chi connectivity index (χ3v) is 4.31. The zero-order valence-corrected chi connectivity index (χ0v) is 11.4. The van der Waals surface area contributed by atoms with Gasteiger partial charge in [-0.15, -0.1) is 0 Å². The zero-order valence-electron chi connectivity index (χ0n) is 11.4. The molecule has 1 aliphatic carbocycles. The van der Waals surface area contributed by atoms with E-state index in [2.05, 4.69) is 0 Å². The van der Waals surface area contributed by atoms with Crippen LogP contribution in [-0.4, -0.2) is 22.8 Å². The van der Waals surface area contributed by atoms with Crippen molar-refractivity contribution in [3.8, 4) is 0 Å². The molecule has 1 fully saturated rings. The molecule has 3 nitrogen and oxygen atoms in total. The smallest absolute Gasteiger partial charge is 0.198 e. The highest BCUT2D eigenvalue weighted by Gasteiger charge is 2.79. The molecule has 0 aromatic heterocycles. The SMILES string of the molecule is CCCC12OC1(CCC)C(=O)c1ccccc1C2=O. The second-order valence-corrected chi connectivity index (χ2v) is 5.46. The molecule has 1 aliphatic heterocycles. The molecule has 1 aromatic carbocycles. The van der Waals surface area contributed by atoms with E-state index in [-0.39, 0.29) is 11.6 Å². The van der Waals surface area contributed by atoms with Gasteiger partial charge in [-0.25, -0.2) is 0 Å². The van der Waals surface area contributed by atoms with Crippen LogP contribution in [0, 0.1) is 0 Å². The predicted molar refractivity (Wildman–Crippen MR) is 71.5 cm³/mol. The summed E-state index contributed by atoms with van der Waals surface area (Å²) in [6.07, 6.45) is 2.94. The minimum Gasteiger partial charge on any atom is -0.345 e. The Kier molecular flexibility index (Phi) is 2.65. The van der Waals surface area contributed by atoms with E-state index in [1.807, 2.05) is 13.8 Å². The van der Waals surface area contributed by atoms with Crippen LogP contribution in [0.4, 0.5) is 0 Å². The number of ketones is 2. The Morgan fingerprint density at radius 2 is 1.32 bits per heavy atom. The Hall–Kier alpha value is -1.48. The van der Waals surface area contributed by atoms with Crippen LogP contribution < -0.4 is 0 Å². The molecule has 2 unspecified atom stereocenters. The maximum absolute atomic E-state index is 12.7. The number of ether oxygens (including phenoxy) is 1. The summed E-state index contributed by atoms with van der Waals surface area (Å²) >= 11 is 0. The van der Waals surface area contributed by atoms with E-state index in [0.29, 0.717) is 24.0 Å². The largest absolute Gasteiger partial charge is 0.345 e. The van der Waals surface area contributed by atoms with Crippen LogP contribution in [0.1, 0.15) is 60.2 Å². The van der Waals surface area contributed by atoms with Gasteiger partial charge in [0.1, 0.15) is 0 Å². The van der Waals surface area contributed by atoms with Gasteiger partial charge in [0.25, 0.3) is 0 Å². The van der Waals surface area contributed by atoms with Gasteiger partial charge in [0.05, 0.1) is 0 Å². The van der Waals surface area contributed by atoms with E-state index >= 15 is 0 Å². The summed E-state index contributed by atoms with van der Waals surface area (Å²) in [7, 11) is 0. The second-order valence-electron chi connectivity index (χ2n) is 5.46. The first kappa shape index (κ1) is 12.5. The number of carbonyl (C=O) groups excluding carboxylic acids is 2. The van der Waals surface area contributed by atoms with E-state index < -0.39 is 11.2 Å². The maximum atomic E-state index is 12.7. The van der Waals surface area contributed by atoms with E-state index in [0.717, 1.165) is 12.8 Å². The molecule has 1 heterocycles. The van der Waals surface area contributed by atoms with Crippen molar-refractivity contribution in [3.05, 3.63) is 35.4 Å². The van der Waals surface area contributed by atoms with E-state index in [4.69, 9.17) is 4.74 Å². The molecule has 0 spiro atoms. The Morgan fingerprint density at radius 3 is 1.68 bits per heavy atom. The van der Waals surface area contributed by atoms with E-state index in [1.165, 1.54) is 0 Å². The predicted octanol–water partition coefficient (Wildman–Crippen LogP) is 3.17. The van der Waals surface area contributed by atoms with Crippen molar-refractivity contribution in [1.82, 2.24) is 0 Å². The molecule has 1 saturated heterocycles. The van der Waals surface area contributed by atoms with Crippen molar-refractivity contribution in [2.75, 3.05) is 0 Å². The third kappa shape index (κ3) is 1.36. The van der Waals surface area contributed by atoms with Crippen molar-refractivity contribution in [1.29, 1.82) is 0 Å². The summed E-state index contributed by atoms with van der Waals surface area (Å²) in [6.45, 7) is 4.04. The molecule has 0 bridgehead atoms. The summed E-state index contributed by atoms with van der Waals surface area (Å²) in [5, 5.41) is 0. The first-order chi connectivity index (χ1) is 9.13. The average Bonchev–Trinajstić information content (AvgIpc) is 3.08. The third-order valence-electron chi connectivity index (χ3n) is 4.31. The molecule has 0 N–H and O–H groups in total. The monoisotopic (exact) mass is 258 g/mol. The molecule has 0 amide bonds. The summed E-state index contributed by atoms with van der Waals surface area (Å²) in [6, 6.07) is 7.09. The molecular formula is C16H18O3. The van der Waals surface area contributed by atoms with Crippen LogP contribution in [0.15, 0.2) is 24.3 Å². The summed E-state index contributed by atoms with van der Waals surface area (Å²) in [5.74, 6) is -0.00370. The van der Waals surface area contributed by atoms with Gasteiger partial charge in [-0.1, -0.05) is 51.0 Å². The first-order valence-corrected chi connectivity index (χ1v) is 7.02. The number of benzene rings is 1. The molecule has 19 heavy (non-hydrogen) atoms. The lowest BCUT2D eigenvalue weighted by atomic mass is 9.71. The fourth-order valence-electron chi connectivity index (χ4n) is 3.48. The summed E-state index contributed by atoms with van der Waals surface area (Å²) in [4.78, 5) is 25.4. The topological polar surface area (TPSA) is 46.7 Å². The molecular weight excluding hydrogens is 240 g/mol. The van der Waals surface area contributed by atoms with Gasteiger partial charge < -0.3 is 4.74 Å². The Labute approximate surface area is 113 Å². The number of Topliss-reactive ketones (excluding diaryl/α,β-unsaturated/α-hetero) is 2. The molecule has 2 aliphatic rings. The minimum atomic E-state index is -0.872. The van der Waals surface area contributed by atoms with Gasteiger partial charge in [0.2, 0.25) is 0 Å². The standard InChI is InChI=1S/C16H18O3/c1-3-9-15-13(17)11-7-5-6-8-12(11)14(18)16(15,19-15)10-4-2/h5-8H,3-4,9-10H2,1-2H3. The molecule has 100 valence electrons. The van der Waals surface area contributed by atoms with Crippen LogP contribution in [-0.2, 0) is 4.74 Å². The number of rotatable bonds is 4. The van der Waals surface area contributed by atoms with Crippen molar-refractivity contribution < 1.29 is 14.3 Å². The van der Waals surface area contributed by atoms with Gasteiger partial charge in [-0.05, 0) is 12.8 Å². The van der Waals surface area contributed by atoms with Crippen LogP contribution >= 0.6 is 0 Å². The number of epoxide rings is 1. The second kappa shape index (κ2) is 4.01. The number of fused-ring (bicyclic) bond motifs is 2. The minimum absolute atomic E-state index is 0.00185. The fraction of sp³-hybridized carbons (Fsp3) is 0.500. The fourth-order valence-corrected chi connectivity index (χ4v) is 3.48. The van der Waals surface area contributed by atoms with E-state index in [9.17, 15) is 9.59 Å². The summed E-state index contributed by atoms with van der Waals surface area (Å²) < 4.78 is 5.84. The van der Waals surface area contributed by atoms with Crippen LogP contribution in [0.2, 0.25) is 0 Å². The van der Waals surface area contributed by atoms with Crippen LogP contribution in [0.3, 0.4) is 0 Å². The Bertz CT molecular complexity index is 514. The normalized spacial score (nSPS) is 31.9. The quantitative estimate of drug-likeness (QED) is 0.779. The van der Waals surface area contributed by atoms with Crippen LogP contribution in [0.5, 0.6) is 0 Å². The molecule has 3 rings (SSSR count). The lowest BCUT2D eigenvalue weighted by molar-refractivity contribution is 0.0828. The maximum Gasteiger partial charge on any atom is 0.198 e.